The van der Waals surface area contributed by atoms with E-state index in [1.165, 1.54) is 11.1 Å². The summed E-state index contributed by atoms with van der Waals surface area (Å²) in [7, 11) is 0. The van der Waals surface area contributed by atoms with E-state index in [0.29, 0.717) is 17.2 Å². The lowest BCUT2D eigenvalue weighted by Crippen LogP contribution is -2.20. The van der Waals surface area contributed by atoms with Crippen LogP contribution in [0.15, 0.2) is 48.5 Å². The molecule has 0 saturated heterocycles. The van der Waals surface area contributed by atoms with Gasteiger partial charge in [0.2, 0.25) is 0 Å². The second-order valence-electron chi connectivity index (χ2n) is 8.30. The summed E-state index contributed by atoms with van der Waals surface area (Å²) >= 11 is 0. The number of benzene rings is 3. The Hall–Kier alpha value is -3.40. The van der Waals surface area contributed by atoms with Gasteiger partial charge in [-0.3, -0.25) is 14.9 Å². The van der Waals surface area contributed by atoms with E-state index in [-0.39, 0.29) is 11.8 Å². The van der Waals surface area contributed by atoms with Crippen LogP contribution in [0.2, 0.25) is 0 Å². The molecule has 1 N–H and O–H groups in total. The summed E-state index contributed by atoms with van der Waals surface area (Å²) in [6.45, 7) is 4.43. The first-order valence-electron chi connectivity index (χ1n) is 10.7. The minimum atomic E-state index is -0.278. The molecule has 0 bridgehead atoms. The Balaban J connectivity index is 1.90. The maximum atomic E-state index is 13.0. The molecule has 6 rings (SSSR count). The van der Waals surface area contributed by atoms with Crippen molar-refractivity contribution in [1.82, 2.24) is 9.88 Å². The van der Waals surface area contributed by atoms with E-state index in [4.69, 9.17) is 0 Å². The molecule has 1 aliphatic heterocycles. The fraction of sp³-hybridized carbons (Fsp3) is 0.231. The largest absolute Gasteiger partial charge is 0.337 e. The summed E-state index contributed by atoms with van der Waals surface area (Å²) in [5.41, 5.74) is 7.79. The Morgan fingerprint density at radius 1 is 0.900 bits per heavy atom. The van der Waals surface area contributed by atoms with Gasteiger partial charge in [0.15, 0.2) is 0 Å². The third-order valence-electron chi connectivity index (χ3n) is 6.89. The van der Waals surface area contributed by atoms with Gasteiger partial charge in [0.25, 0.3) is 11.8 Å². The molecule has 0 unspecified atom stereocenters. The number of aromatic nitrogens is 1. The maximum absolute atomic E-state index is 13.0. The molecule has 3 aromatic carbocycles. The molecule has 0 atom stereocenters. The van der Waals surface area contributed by atoms with Crippen molar-refractivity contribution in [3.8, 4) is 11.1 Å². The van der Waals surface area contributed by atoms with Crippen molar-refractivity contribution in [3.05, 3.63) is 70.8 Å². The van der Waals surface area contributed by atoms with Crippen LogP contribution in [0.5, 0.6) is 0 Å². The van der Waals surface area contributed by atoms with Crippen molar-refractivity contribution in [2.45, 2.75) is 39.2 Å². The molecule has 148 valence electrons. The molecule has 0 spiro atoms. The van der Waals surface area contributed by atoms with Gasteiger partial charge in [-0.25, -0.2) is 0 Å². The van der Waals surface area contributed by atoms with Crippen LogP contribution in [0.4, 0.5) is 0 Å². The smallest absolute Gasteiger partial charge is 0.259 e. The monoisotopic (exact) mass is 394 g/mol. The predicted octanol–water partition coefficient (Wildman–Crippen LogP) is 5.61. The molecule has 30 heavy (non-hydrogen) atoms. The summed E-state index contributed by atoms with van der Waals surface area (Å²) in [5, 5.41) is 4.57. The van der Waals surface area contributed by atoms with Gasteiger partial charge >= 0.3 is 0 Å². The molecule has 2 aliphatic rings. The van der Waals surface area contributed by atoms with Crippen LogP contribution in [0.3, 0.4) is 0 Å². The maximum Gasteiger partial charge on any atom is 0.259 e. The van der Waals surface area contributed by atoms with E-state index in [1.807, 2.05) is 18.2 Å². The fourth-order valence-corrected chi connectivity index (χ4v) is 5.63. The number of carbonyl (C=O) groups excluding carboxylic acids is 2. The Kier molecular flexibility index (Phi) is 3.52. The molecule has 4 aromatic rings. The zero-order chi connectivity index (χ0) is 20.6. The Morgan fingerprint density at radius 2 is 1.60 bits per heavy atom. The number of carbonyl (C=O) groups is 2. The Bertz CT molecular complexity index is 1410. The van der Waals surface area contributed by atoms with Crippen LogP contribution in [-0.4, -0.2) is 16.4 Å². The molecule has 2 amide bonds. The van der Waals surface area contributed by atoms with E-state index in [9.17, 15) is 9.59 Å². The lowest BCUT2D eigenvalue weighted by molar-refractivity contribution is 0.0880. The Morgan fingerprint density at radius 3 is 2.40 bits per heavy atom. The van der Waals surface area contributed by atoms with Gasteiger partial charge in [0.05, 0.1) is 16.6 Å². The number of hydrogen-bond acceptors (Lipinski definition) is 2. The van der Waals surface area contributed by atoms with Crippen LogP contribution in [0.25, 0.3) is 32.9 Å². The van der Waals surface area contributed by atoms with Gasteiger partial charge < -0.3 is 4.57 Å². The number of hydrogen-bond donors (Lipinski definition) is 1. The van der Waals surface area contributed by atoms with Crippen molar-refractivity contribution in [2.24, 2.45) is 0 Å². The van der Waals surface area contributed by atoms with Crippen LogP contribution in [0, 0.1) is 0 Å². The number of para-hydroxylation sites is 1. The third-order valence-corrected chi connectivity index (χ3v) is 6.89. The Labute approximate surface area is 174 Å². The first-order chi connectivity index (χ1) is 14.7. The normalized spacial score (nSPS) is 14.5. The fourth-order valence-electron chi connectivity index (χ4n) is 5.63. The zero-order valence-electron chi connectivity index (χ0n) is 17.1. The number of nitrogens with one attached hydrogen (secondary N) is 1. The molecule has 2 heterocycles. The summed E-state index contributed by atoms with van der Waals surface area (Å²) < 4.78 is 2.44. The molecule has 0 radical (unpaired) electrons. The average Bonchev–Trinajstić information content (AvgIpc) is 3.39. The van der Waals surface area contributed by atoms with Crippen LogP contribution in [0.1, 0.15) is 64.6 Å². The highest BCUT2D eigenvalue weighted by Gasteiger charge is 2.39. The topological polar surface area (TPSA) is 51.1 Å². The van der Waals surface area contributed by atoms with Gasteiger partial charge in [0.1, 0.15) is 0 Å². The van der Waals surface area contributed by atoms with Gasteiger partial charge in [0, 0.05) is 34.3 Å². The number of amides is 2. The van der Waals surface area contributed by atoms with Crippen LogP contribution < -0.4 is 5.32 Å². The minimum absolute atomic E-state index is 0.274. The lowest BCUT2D eigenvalue weighted by Gasteiger charge is -2.20. The van der Waals surface area contributed by atoms with Crippen molar-refractivity contribution < 1.29 is 9.59 Å². The average molecular weight is 394 g/mol. The molecular weight excluding hydrogens is 372 g/mol. The van der Waals surface area contributed by atoms with Crippen molar-refractivity contribution in [3.63, 3.8) is 0 Å². The minimum Gasteiger partial charge on any atom is -0.337 e. The summed E-state index contributed by atoms with van der Waals surface area (Å²) in [6.07, 6.45) is 2.80. The molecule has 0 saturated carbocycles. The quantitative estimate of drug-likeness (QED) is 0.404. The van der Waals surface area contributed by atoms with Crippen molar-refractivity contribution in [2.75, 3.05) is 0 Å². The van der Waals surface area contributed by atoms with E-state index in [2.05, 4.69) is 54.1 Å². The molecule has 0 fully saturated rings. The first-order valence-corrected chi connectivity index (χ1v) is 10.7. The first kappa shape index (κ1) is 17.5. The molecule has 4 nitrogen and oxygen atoms in total. The van der Waals surface area contributed by atoms with Gasteiger partial charge in [-0.15, -0.1) is 0 Å². The van der Waals surface area contributed by atoms with Crippen molar-refractivity contribution >= 4 is 33.6 Å². The van der Waals surface area contributed by atoms with E-state index in [0.717, 1.165) is 52.2 Å². The highest BCUT2D eigenvalue weighted by atomic mass is 16.2. The predicted molar refractivity (Wildman–Crippen MR) is 119 cm³/mol. The number of fused-ring (bicyclic) bond motifs is 10. The molecule has 1 aromatic heterocycles. The molecule has 1 aliphatic carbocycles. The summed E-state index contributed by atoms with van der Waals surface area (Å²) in [4.78, 5) is 26.0. The molecular formula is C26H22N2O2. The van der Waals surface area contributed by atoms with Crippen molar-refractivity contribution in [1.29, 1.82) is 0 Å². The van der Waals surface area contributed by atoms with Gasteiger partial charge in [-0.05, 0) is 35.6 Å². The zero-order valence-corrected chi connectivity index (χ0v) is 17.1. The summed E-state index contributed by atoms with van der Waals surface area (Å²) in [5.74, 6) is -0.552. The van der Waals surface area contributed by atoms with Crippen LogP contribution in [-0.2, 0) is 6.42 Å². The number of rotatable bonds is 3. The van der Waals surface area contributed by atoms with E-state index in [1.54, 1.807) is 0 Å². The second kappa shape index (κ2) is 6.05. The standard InChI is InChI=1S/C26H22N2O2/c1-3-15(4-2)28-19-12-8-7-11-17(19)21-23-22(25(29)27-26(23)30)20-16-10-6-5-9-14(16)13-18(20)24(21)28/h5-12,15H,3-4,13H2,1-2H3,(H,27,29,30). The summed E-state index contributed by atoms with van der Waals surface area (Å²) in [6, 6.07) is 16.9. The number of imide groups is 1. The highest BCUT2D eigenvalue weighted by Crippen LogP contribution is 2.49. The molecule has 4 heteroatoms. The van der Waals surface area contributed by atoms with E-state index >= 15 is 0 Å². The van der Waals surface area contributed by atoms with Gasteiger partial charge in [-0.2, -0.15) is 0 Å². The highest BCUT2D eigenvalue weighted by molar-refractivity contribution is 6.33. The van der Waals surface area contributed by atoms with Gasteiger partial charge in [-0.1, -0.05) is 56.3 Å². The van der Waals surface area contributed by atoms with Crippen LogP contribution >= 0.6 is 0 Å². The third kappa shape index (κ3) is 2.01. The lowest BCUT2D eigenvalue weighted by atomic mass is 9.91. The second-order valence-corrected chi connectivity index (χ2v) is 8.30. The SMILES string of the molecule is CCC(CC)n1c2ccccc2c2c3c(c4c(c21)Cc1ccccc1-4)C(=O)NC3=O. The number of nitrogens with zero attached hydrogens (tertiary/aromatic N) is 1. The van der Waals surface area contributed by atoms with E-state index < -0.39 is 0 Å².